The zero-order valence-electron chi connectivity index (χ0n) is 45.7. The maximum atomic E-state index is 11.5. The number of unbranched alkanes of at least 4 members (excludes halogenated alkanes) is 30. The van der Waals surface area contributed by atoms with Gasteiger partial charge < -0.3 is 28.4 Å². The molecule has 0 aromatic rings. The number of ether oxygens (including phenoxy) is 6. The molecule has 0 aliphatic carbocycles. The minimum atomic E-state index is -0.466. The summed E-state index contributed by atoms with van der Waals surface area (Å²) in [5, 5.41) is 0. The summed E-state index contributed by atoms with van der Waals surface area (Å²) in [6.45, 7) is 15.6. The van der Waals surface area contributed by atoms with Crippen molar-refractivity contribution in [2.45, 2.75) is 292 Å². The van der Waals surface area contributed by atoms with E-state index < -0.39 is 35.8 Å². The Morgan fingerprint density at radius 2 is 0.314 bits per heavy atom. The first-order chi connectivity index (χ1) is 33.6. The molecule has 0 rings (SSSR count). The summed E-state index contributed by atoms with van der Waals surface area (Å²) < 4.78 is 30.3. The largest absolute Gasteiger partial charge is 0.465 e. The minimum absolute atomic E-state index is 0. The molecule has 0 unspecified atom stereocenters. The molecule has 414 valence electrons. The SMILES string of the molecule is CCCCCCCCOC(=O)CC(=O)OCCCCCCCC.CCCCCCCCOC(=O)CC(=O)OCCCCCCCC.CCCCCCCCOC(=O)CC(=O)OCCCCCCCC.[AlH3]. The van der Waals surface area contributed by atoms with Gasteiger partial charge in [0.1, 0.15) is 19.3 Å². The van der Waals surface area contributed by atoms with Crippen LogP contribution in [-0.2, 0) is 57.2 Å². The molecule has 0 N–H and O–H groups in total. The van der Waals surface area contributed by atoms with E-state index in [2.05, 4.69) is 41.5 Å². The van der Waals surface area contributed by atoms with Gasteiger partial charge in [0.15, 0.2) is 17.4 Å². The molecule has 0 radical (unpaired) electrons. The quantitative estimate of drug-likeness (QED) is 0.0187. The van der Waals surface area contributed by atoms with E-state index in [-0.39, 0.29) is 36.6 Å². The van der Waals surface area contributed by atoms with E-state index in [4.69, 9.17) is 28.4 Å². The number of esters is 6. The van der Waals surface area contributed by atoms with Crippen LogP contribution in [0.2, 0.25) is 0 Å². The van der Waals surface area contributed by atoms with Gasteiger partial charge in [0, 0.05) is 0 Å². The molecule has 0 aliphatic heterocycles. The predicted molar refractivity (Wildman–Crippen MR) is 290 cm³/mol. The van der Waals surface area contributed by atoms with Crippen LogP contribution >= 0.6 is 0 Å². The molecule has 0 atom stereocenters. The molecule has 0 spiro atoms. The Morgan fingerprint density at radius 1 is 0.200 bits per heavy atom. The third-order valence-corrected chi connectivity index (χ3v) is 11.4. The second-order valence-electron chi connectivity index (χ2n) is 18.5. The standard InChI is InChI=1S/3C19H36O4.Al.3H/c3*1-3-5-7-9-11-13-15-22-18(20)17-19(21)23-16-14-12-10-8-6-4-2;;;;/h3*3-17H2,1-2H3;;;;. The van der Waals surface area contributed by atoms with Crippen molar-refractivity contribution in [1.29, 1.82) is 0 Å². The molecule has 70 heavy (non-hydrogen) atoms. The first-order valence-electron chi connectivity index (χ1n) is 28.5. The average Bonchev–Trinajstić information content (AvgIpc) is 3.32. The highest BCUT2D eigenvalue weighted by Crippen LogP contribution is 2.10. The van der Waals surface area contributed by atoms with Gasteiger partial charge in [0.2, 0.25) is 0 Å². The number of rotatable bonds is 48. The fourth-order valence-electron chi connectivity index (χ4n) is 7.07. The van der Waals surface area contributed by atoms with Gasteiger partial charge in [0.05, 0.1) is 39.6 Å². The number of hydrogen-bond donors (Lipinski definition) is 0. The Bertz CT molecular complexity index is 929. The van der Waals surface area contributed by atoms with E-state index in [9.17, 15) is 28.8 Å². The highest BCUT2D eigenvalue weighted by atomic mass is 27.0. The summed E-state index contributed by atoms with van der Waals surface area (Å²) in [6, 6.07) is 0. The number of carbonyl (C=O) groups excluding carboxylic acids is 6. The normalized spacial score (nSPS) is 10.4. The van der Waals surface area contributed by atoms with Gasteiger partial charge in [-0.05, 0) is 38.5 Å². The van der Waals surface area contributed by atoms with Gasteiger partial charge in [-0.3, -0.25) is 28.8 Å². The molecular weight excluding hydrogens is 904 g/mol. The van der Waals surface area contributed by atoms with Crippen molar-refractivity contribution in [2.24, 2.45) is 0 Å². The molecule has 0 fully saturated rings. The van der Waals surface area contributed by atoms with Crippen LogP contribution in [0.4, 0.5) is 0 Å². The van der Waals surface area contributed by atoms with Crippen LogP contribution in [0.25, 0.3) is 0 Å². The van der Waals surface area contributed by atoms with Crippen LogP contribution in [0.5, 0.6) is 0 Å². The van der Waals surface area contributed by atoms with E-state index in [1.807, 2.05) is 0 Å². The lowest BCUT2D eigenvalue weighted by Crippen LogP contribution is -2.15. The molecule has 0 saturated carbocycles. The Balaban J connectivity index is -0.000000463. The Hall–Kier alpha value is -2.65. The van der Waals surface area contributed by atoms with Crippen molar-refractivity contribution in [2.75, 3.05) is 39.6 Å². The molecule has 13 heteroatoms. The summed E-state index contributed by atoms with van der Waals surface area (Å²) >= 11 is 0. The molecular formula is C57H111AlO12. The first-order valence-corrected chi connectivity index (χ1v) is 28.5. The highest BCUT2D eigenvalue weighted by molar-refractivity contribution is 5.92. The van der Waals surface area contributed by atoms with Crippen molar-refractivity contribution < 1.29 is 57.2 Å². The minimum Gasteiger partial charge on any atom is -0.465 e. The monoisotopic (exact) mass is 1010 g/mol. The van der Waals surface area contributed by atoms with Crippen molar-refractivity contribution in [3.05, 3.63) is 0 Å². The third kappa shape index (κ3) is 67.4. The number of hydrogen-bond acceptors (Lipinski definition) is 12. The van der Waals surface area contributed by atoms with Crippen molar-refractivity contribution in [1.82, 2.24) is 0 Å². The van der Waals surface area contributed by atoms with E-state index in [1.54, 1.807) is 0 Å². The van der Waals surface area contributed by atoms with Crippen molar-refractivity contribution >= 4 is 53.2 Å². The smallest absolute Gasteiger partial charge is 0.317 e. The summed E-state index contributed by atoms with van der Waals surface area (Å²) in [5.41, 5.74) is 0. The zero-order chi connectivity index (χ0) is 51.5. The molecule has 0 aromatic carbocycles. The second kappa shape index (κ2) is 64.4. The van der Waals surface area contributed by atoms with E-state index in [0.717, 1.165) is 77.0 Å². The summed E-state index contributed by atoms with van der Waals surface area (Å²) in [6.07, 6.45) is 40.6. The highest BCUT2D eigenvalue weighted by Gasteiger charge is 2.14. The molecule has 0 amide bonds. The lowest BCUT2D eigenvalue weighted by molar-refractivity contribution is -0.156. The third-order valence-electron chi connectivity index (χ3n) is 11.4. The van der Waals surface area contributed by atoms with Crippen LogP contribution in [0, 0.1) is 0 Å². The Morgan fingerprint density at radius 3 is 0.443 bits per heavy atom. The maximum absolute atomic E-state index is 11.5. The lowest BCUT2D eigenvalue weighted by Gasteiger charge is -2.06. The van der Waals surface area contributed by atoms with Gasteiger partial charge in [-0.1, -0.05) is 234 Å². The van der Waals surface area contributed by atoms with Crippen LogP contribution in [0.3, 0.4) is 0 Å². The van der Waals surface area contributed by atoms with Gasteiger partial charge in [0.25, 0.3) is 0 Å². The van der Waals surface area contributed by atoms with Crippen molar-refractivity contribution in [3.8, 4) is 0 Å². The Labute approximate surface area is 440 Å². The fraction of sp³-hybridized carbons (Fsp3) is 0.895. The van der Waals surface area contributed by atoms with E-state index in [1.165, 1.54) is 154 Å². The topological polar surface area (TPSA) is 158 Å². The van der Waals surface area contributed by atoms with Crippen molar-refractivity contribution in [3.63, 3.8) is 0 Å². The van der Waals surface area contributed by atoms with Crippen LogP contribution in [0.15, 0.2) is 0 Å². The van der Waals surface area contributed by atoms with Gasteiger partial charge in [-0.15, -0.1) is 0 Å². The summed E-state index contributed by atoms with van der Waals surface area (Å²) in [7, 11) is 0. The van der Waals surface area contributed by atoms with Gasteiger partial charge in [-0.2, -0.15) is 0 Å². The molecule has 12 nitrogen and oxygen atoms in total. The molecule has 0 heterocycles. The van der Waals surface area contributed by atoms with E-state index in [0.29, 0.717) is 39.6 Å². The molecule has 0 saturated heterocycles. The van der Waals surface area contributed by atoms with Crippen LogP contribution < -0.4 is 0 Å². The fourth-order valence-corrected chi connectivity index (χ4v) is 7.07. The number of carbonyl (C=O) groups is 6. The van der Waals surface area contributed by atoms with Gasteiger partial charge >= 0.3 is 35.8 Å². The molecule has 0 aromatic heterocycles. The second-order valence-corrected chi connectivity index (χ2v) is 18.5. The zero-order valence-corrected chi connectivity index (χ0v) is 45.7. The molecule has 0 aliphatic rings. The first kappa shape index (κ1) is 73.9. The van der Waals surface area contributed by atoms with Crippen LogP contribution in [-0.4, -0.2) is 92.8 Å². The lowest BCUT2D eigenvalue weighted by atomic mass is 10.1. The molecule has 0 bridgehead atoms. The predicted octanol–water partition coefficient (Wildman–Crippen LogP) is 14.4. The van der Waals surface area contributed by atoms with Crippen LogP contribution in [0.1, 0.15) is 292 Å². The Kier molecular flexibility index (Phi) is 67.9. The summed E-state index contributed by atoms with van der Waals surface area (Å²) in [5.74, 6) is -2.80. The van der Waals surface area contributed by atoms with E-state index >= 15 is 0 Å². The average molecular weight is 1020 g/mol. The maximum Gasteiger partial charge on any atom is 0.317 e. The van der Waals surface area contributed by atoms with Gasteiger partial charge in [-0.25, -0.2) is 0 Å². The summed E-state index contributed by atoms with van der Waals surface area (Å²) in [4.78, 5) is 68.8.